The average molecular weight is 226 g/mol. The van der Waals surface area contributed by atoms with E-state index in [1.807, 2.05) is 0 Å². The van der Waals surface area contributed by atoms with Crippen molar-refractivity contribution in [2.75, 3.05) is 11.6 Å². The van der Waals surface area contributed by atoms with Gasteiger partial charge >= 0.3 is 0 Å². The second-order valence-corrected chi connectivity index (χ2v) is 5.74. The first-order valence-corrected chi connectivity index (χ1v) is 6.83. The van der Waals surface area contributed by atoms with Gasteiger partial charge in [0.25, 0.3) is 0 Å². The van der Waals surface area contributed by atoms with Gasteiger partial charge in [0.15, 0.2) is 0 Å². The molecule has 0 saturated heterocycles. The van der Waals surface area contributed by atoms with Crippen LogP contribution in [0.1, 0.15) is 26.2 Å². The van der Waals surface area contributed by atoms with Gasteiger partial charge in [-0.25, -0.2) is 13.1 Å². The lowest BCUT2D eigenvalue weighted by Crippen LogP contribution is -2.29. The molecule has 0 spiro atoms. The highest BCUT2D eigenvalue weighted by Gasteiger charge is 2.37. The predicted molar refractivity (Wildman–Crippen MR) is 54.4 cm³/mol. The average Bonchev–Trinajstić information content (AvgIpc) is 2.79. The number of alkyl halides is 1. The van der Waals surface area contributed by atoms with Crippen LogP contribution in [0.4, 0.5) is 0 Å². The molecular formula is C8H16ClNO2S. The molecule has 1 aliphatic carbocycles. The van der Waals surface area contributed by atoms with Gasteiger partial charge in [-0.15, -0.1) is 11.6 Å². The van der Waals surface area contributed by atoms with Crippen molar-refractivity contribution < 1.29 is 8.42 Å². The molecule has 0 amide bonds. The Morgan fingerprint density at radius 3 is 2.69 bits per heavy atom. The first kappa shape index (κ1) is 11.3. The molecule has 1 fully saturated rings. The fourth-order valence-corrected chi connectivity index (χ4v) is 3.06. The maximum Gasteiger partial charge on any atom is 0.211 e. The number of hydrogen-bond acceptors (Lipinski definition) is 2. The maximum absolute atomic E-state index is 11.3. The summed E-state index contributed by atoms with van der Waals surface area (Å²) in [5.41, 5.74) is 0. The van der Waals surface area contributed by atoms with E-state index in [1.54, 1.807) is 0 Å². The molecule has 2 unspecified atom stereocenters. The van der Waals surface area contributed by atoms with E-state index < -0.39 is 10.0 Å². The van der Waals surface area contributed by atoms with Crippen molar-refractivity contribution in [1.29, 1.82) is 0 Å². The lowest BCUT2D eigenvalue weighted by molar-refractivity contribution is 0.574. The zero-order valence-electron chi connectivity index (χ0n) is 7.79. The van der Waals surface area contributed by atoms with Crippen LogP contribution < -0.4 is 4.72 Å². The van der Waals surface area contributed by atoms with E-state index in [0.29, 0.717) is 18.2 Å². The zero-order valence-corrected chi connectivity index (χ0v) is 9.37. The van der Waals surface area contributed by atoms with Crippen molar-refractivity contribution in [3.8, 4) is 0 Å². The normalized spacial score (nSPS) is 27.5. The number of sulfonamides is 1. The minimum atomic E-state index is -3.06. The number of rotatable bonds is 6. The van der Waals surface area contributed by atoms with Crippen molar-refractivity contribution in [3.05, 3.63) is 0 Å². The van der Waals surface area contributed by atoms with E-state index in [0.717, 1.165) is 12.8 Å². The Labute approximate surface area is 84.9 Å². The van der Waals surface area contributed by atoms with Crippen LogP contribution in [0.15, 0.2) is 0 Å². The van der Waals surface area contributed by atoms with Crippen LogP contribution in [0.5, 0.6) is 0 Å². The Balaban J connectivity index is 2.27. The molecule has 0 radical (unpaired) electrons. The van der Waals surface area contributed by atoms with E-state index in [2.05, 4.69) is 11.6 Å². The second kappa shape index (κ2) is 4.62. The molecule has 5 heteroatoms. The Morgan fingerprint density at radius 1 is 1.54 bits per heavy atom. The third kappa shape index (κ3) is 3.83. The summed E-state index contributed by atoms with van der Waals surface area (Å²) in [4.78, 5) is 0. The van der Waals surface area contributed by atoms with Gasteiger partial charge in [-0.3, -0.25) is 0 Å². The summed E-state index contributed by atoms with van der Waals surface area (Å²) in [7, 11) is -3.06. The minimum Gasteiger partial charge on any atom is -0.212 e. The van der Waals surface area contributed by atoms with Gasteiger partial charge in [-0.05, 0) is 18.8 Å². The lowest BCUT2D eigenvalue weighted by atomic mass is 10.3. The lowest BCUT2D eigenvalue weighted by Gasteiger charge is -2.04. The van der Waals surface area contributed by atoms with Crippen LogP contribution >= 0.6 is 11.6 Å². The minimum absolute atomic E-state index is 0.156. The van der Waals surface area contributed by atoms with Gasteiger partial charge < -0.3 is 0 Å². The molecule has 1 saturated carbocycles. The molecule has 2 atom stereocenters. The van der Waals surface area contributed by atoms with Crippen molar-refractivity contribution in [3.63, 3.8) is 0 Å². The highest BCUT2D eigenvalue weighted by molar-refractivity contribution is 7.89. The van der Waals surface area contributed by atoms with E-state index in [9.17, 15) is 8.42 Å². The quantitative estimate of drug-likeness (QED) is 0.694. The SMILES string of the molecule is CCC1CC1NS(=O)(=O)CCCCl. The van der Waals surface area contributed by atoms with Crippen molar-refractivity contribution in [1.82, 2.24) is 4.72 Å². The smallest absolute Gasteiger partial charge is 0.211 e. The monoisotopic (exact) mass is 225 g/mol. The first-order valence-electron chi connectivity index (χ1n) is 4.65. The van der Waals surface area contributed by atoms with Crippen molar-refractivity contribution >= 4 is 21.6 Å². The van der Waals surface area contributed by atoms with E-state index in [-0.39, 0.29) is 11.8 Å². The standard InChI is InChI=1S/C8H16ClNO2S/c1-2-7-6-8(7)10-13(11,12)5-3-4-9/h7-8,10H,2-6H2,1H3. The molecule has 1 aliphatic rings. The van der Waals surface area contributed by atoms with Crippen LogP contribution in [0, 0.1) is 5.92 Å². The molecule has 13 heavy (non-hydrogen) atoms. The van der Waals surface area contributed by atoms with Gasteiger partial charge in [0.2, 0.25) is 10.0 Å². The summed E-state index contributed by atoms with van der Waals surface area (Å²) in [5.74, 6) is 1.12. The van der Waals surface area contributed by atoms with E-state index in [4.69, 9.17) is 11.6 Å². The van der Waals surface area contributed by atoms with Crippen LogP contribution in [-0.4, -0.2) is 26.1 Å². The molecule has 0 aromatic heterocycles. The van der Waals surface area contributed by atoms with Gasteiger partial charge in [-0.1, -0.05) is 13.3 Å². The molecule has 0 aromatic carbocycles. The molecule has 3 nitrogen and oxygen atoms in total. The summed E-state index contributed by atoms with van der Waals surface area (Å²) in [5, 5.41) is 0. The van der Waals surface area contributed by atoms with E-state index in [1.165, 1.54) is 0 Å². The molecule has 78 valence electrons. The molecule has 0 aliphatic heterocycles. The highest BCUT2D eigenvalue weighted by Crippen LogP contribution is 2.33. The number of hydrogen-bond donors (Lipinski definition) is 1. The number of halogens is 1. The van der Waals surface area contributed by atoms with Gasteiger partial charge in [0.05, 0.1) is 5.75 Å². The predicted octanol–water partition coefficient (Wildman–Crippen LogP) is 1.33. The van der Waals surface area contributed by atoms with E-state index >= 15 is 0 Å². The molecule has 0 bridgehead atoms. The topological polar surface area (TPSA) is 46.2 Å². The van der Waals surface area contributed by atoms with Gasteiger partial charge in [0.1, 0.15) is 0 Å². The highest BCUT2D eigenvalue weighted by atomic mass is 35.5. The largest absolute Gasteiger partial charge is 0.212 e. The zero-order chi connectivity index (χ0) is 9.90. The van der Waals surface area contributed by atoms with Crippen molar-refractivity contribution in [2.24, 2.45) is 5.92 Å². The fraction of sp³-hybridized carbons (Fsp3) is 1.00. The van der Waals surface area contributed by atoms with Gasteiger partial charge in [0, 0.05) is 11.9 Å². The molecule has 0 aromatic rings. The second-order valence-electron chi connectivity index (χ2n) is 3.49. The molecule has 0 heterocycles. The van der Waals surface area contributed by atoms with Crippen LogP contribution in [0.25, 0.3) is 0 Å². The fourth-order valence-electron chi connectivity index (χ4n) is 1.38. The molecule has 1 N–H and O–H groups in total. The van der Waals surface area contributed by atoms with Crippen LogP contribution in [-0.2, 0) is 10.0 Å². The van der Waals surface area contributed by atoms with Crippen LogP contribution in [0.3, 0.4) is 0 Å². The summed E-state index contributed by atoms with van der Waals surface area (Å²) in [6.07, 6.45) is 2.58. The van der Waals surface area contributed by atoms with Gasteiger partial charge in [-0.2, -0.15) is 0 Å². The summed E-state index contributed by atoms with van der Waals surface area (Å²) >= 11 is 5.42. The first-order chi connectivity index (χ1) is 6.09. The van der Waals surface area contributed by atoms with Crippen molar-refractivity contribution in [2.45, 2.75) is 32.2 Å². The Bertz CT molecular complexity index is 253. The summed E-state index contributed by atoms with van der Waals surface area (Å²) < 4.78 is 25.3. The Kier molecular flexibility index (Phi) is 4.01. The maximum atomic E-state index is 11.3. The Morgan fingerprint density at radius 2 is 2.23 bits per heavy atom. The molecular weight excluding hydrogens is 210 g/mol. The Hall–Kier alpha value is 0.200. The summed E-state index contributed by atoms with van der Waals surface area (Å²) in [6, 6.07) is 0.199. The summed E-state index contributed by atoms with van der Waals surface area (Å²) in [6.45, 7) is 2.08. The van der Waals surface area contributed by atoms with Crippen LogP contribution in [0.2, 0.25) is 0 Å². The third-order valence-electron chi connectivity index (χ3n) is 2.32. The third-order valence-corrected chi connectivity index (χ3v) is 4.08. The number of nitrogens with one attached hydrogen (secondary N) is 1. The molecule has 1 rings (SSSR count).